The molecule has 3 rings (SSSR count). The molecule has 2 atom stereocenters. The SMILES string of the molecule is COc1ccc(C(=O)NNC(=O)[C@H](OC(=O)c2cccc(OC)c2)[C@H](OC(=O)c2cccc(OC)c2)C(=O)O)cc1. The normalized spacial score (nSPS) is 11.7. The number of hydrogen-bond donors (Lipinski definition) is 3. The van der Waals surface area contributed by atoms with Crippen LogP contribution in [0.5, 0.6) is 17.2 Å². The molecule has 2 amide bonds. The summed E-state index contributed by atoms with van der Waals surface area (Å²) >= 11 is 0. The predicted octanol–water partition coefficient (Wildman–Crippen LogP) is 2.01. The van der Waals surface area contributed by atoms with Crippen LogP contribution >= 0.6 is 0 Å². The summed E-state index contributed by atoms with van der Waals surface area (Å²) in [7, 11) is 4.18. The Morgan fingerprint density at radius 3 is 1.56 bits per heavy atom. The molecule has 0 aliphatic heterocycles. The van der Waals surface area contributed by atoms with Crippen LogP contribution in [0.1, 0.15) is 31.1 Å². The van der Waals surface area contributed by atoms with Crippen LogP contribution in [0.25, 0.3) is 0 Å². The summed E-state index contributed by atoms with van der Waals surface area (Å²) in [5.41, 5.74) is 4.05. The lowest BCUT2D eigenvalue weighted by molar-refractivity contribution is -0.159. The van der Waals surface area contributed by atoms with Crippen molar-refractivity contribution in [1.29, 1.82) is 0 Å². The predicted molar refractivity (Wildman–Crippen MR) is 141 cm³/mol. The lowest BCUT2D eigenvalue weighted by atomic mass is 10.1. The minimum atomic E-state index is -2.32. The molecule has 0 unspecified atom stereocenters. The van der Waals surface area contributed by atoms with E-state index in [2.05, 4.69) is 5.43 Å². The summed E-state index contributed by atoms with van der Waals surface area (Å²) in [6.07, 6.45) is -4.56. The van der Waals surface area contributed by atoms with E-state index < -0.39 is 41.9 Å². The monoisotopic (exact) mass is 566 g/mol. The number of hydrazine groups is 1. The van der Waals surface area contributed by atoms with Gasteiger partial charge >= 0.3 is 17.9 Å². The molecule has 3 aromatic rings. The molecule has 0 heterocycles. The summed E-state index contributed by atoms with van der Waals surface area (Å²) in [6, 6.07) is 17.1. The first-order valence-electron chi connectivity index (χ1n) is 11.8. The molecule has 3 aromatic carbocycles. The Hall–Kier alpha value is -5.59. The zero-order valence-corrected chi connectivity index (χ0v) is 22.1. The number of ether oxygens (including phenoxy) is 5. The summed E-state index contributed by atoms with van der Waals surface area (Å²) < 4.78 is 25.5. The van der Waals surface area contributed by atoms with Crippen molar-refractivity contribution in [3.05, 3.63) is 89.5 Å². The highest BCUT2D eigenvalue weighted by Crippen LogP contribution is 2.18. The van der Waals surface area contributed by atoms with Gasteiger partial charge in [0.25, 0.3) is 11.8 Å². The molecule has 0 aromatic heterocycles. The Balaban J connectivity index is 1.86. The van der Waals surface area contributed by atoms with E-state index in [9.17, 15) is 29.1 Å². The number of carboxylic acid groups (broad SMARTS) is 1. The second-order valence-electron chi connectivity index (χ2n) is 8.13. The van der Waals surface area contributed by atoms with Crippen molar-refractivity contribution >= 4 is 29.7 Å². The van der Waals surface area contributed by atoms with E-state index in [4.69, 9.17) is 23.7 Å². The van der Waals surface area contributed by atoms with E-state index in [1.54, 1.807) is 12.1 Å². The number of esters is 2. The van der Waals surface area contributed by atoms with Crippen molar-refractivity contribution < 1.29 is 52.8 Å². The van der Waals surface area contributed by atoms with E-state index in [1.165, 1.54) is 82.0 Å². The van der Waals surface area contributed by atoms with E-state index in [0.29, 0.717) is 5.75 Å². The minimum Gasteiger partial charge on any atom is -0.497 e. The first-order valence-corrected chi connectivity index (χ1v) is 11.8. The fourth-order valence-electron chi connectivity index (χ4n) is 3.37. The smallest absolute Gasteiger partial charge is 0.349 e. The largest absolute Gasteiger partial charge is 0.497 e. The quantitative estimate of drug-likeness (QED) is 0.229. The van der Waals surface area contributed by atoms with Crippen molar-refractivity contribution in [2.45, 2.75) is 12.2 Å². The minimum absolute atomic E-state index is 0.0901. The van der Waals surface area contributed by atoms with Gasteiger partial charge in [0.2, 0.25) is 12.2 Å². The van der Waals surface area contributed by atoms with Gasteiger partial charge in [-0.3, -0.25) is 20.4 Å². The van der Waals surface area contributed by atoms with Crippen LogP contribution in [0.4, 0.5) is 0 Å². The summed E-state index contributed by atoms with van der Waals surface area (Å²) in [5.74, 6) is -5.10. The lowest BCUT2D eigenvalue weighted by Crippen LogP contribution is -2.54. The number of carbonyl (C=O) groups is 5. The van der Waals surface area contributed by atoms with Gasteiger partial charge in [-0.2, -0.15) is 0 Å². The van der Waals surface area contributed by atoms with Crippen LogP contribution in [0.2, 0.25) is 0 Å². The highest BCUT2D eigenvalue weighted by Gasteiger charge is 2.41. The maximum atomic E-state index is 13.1. The molecule has 3 N–H and O–H groups in total. The number of carbonyl (C=O) groups excluding carboxylic acids is 4. The Labute approximate surface area is 233 Å². The Morgan fingerprint density at radius 2 is 1.10 bits per heavy atom. The molecule has 0 bridgehead atoms. The molecule has 0 aliphatic rings. The van der Waals surface area contributed by atoms with E-state index in [-0.39, 0.29) is 28.2 Å². The van der Waals surface area contributed by atoms with Crippen molar-refractivity contribution in [3.63, 3.8) is 0 Å². The van der Waals surface area contributed by atoms with Crippen LogP contribution in [0.3, 0.4) is 0 Å². The lowest BCUT2D eigenvalue weighted by Gasteiger charge is -2.23. The van der Waals surface area contributed by atoms with Gasteiger partial charge in [-0.15, -0.1) is 0 Å². The van der Waals surface area contributed by atoms with Gasteiger partial charge in [0.05, 0.1) is 32.5 Å². The zero-order valence-electron chi connectivity index (χ0n) is 22.1. The van der Waals surface area contributed by atoms with Crippen molar-refractivity contribution in [2.24, 2.45) is 0 Å². The van der Waals surface area contributed by atoms with Crippen LogP contribution in [0, 0.1) is 0 Å². The number of amides is 2. The van der Waals surface area contributed by atoms with Crippen molar-refractivity contribution in [2.75, 3.05) is 21.3 Å². The molecule has 0 spiro atoms. The molecule has 13 nitrogen and oxygen atoms in total. The van der Waals surface area contributed by atoms with Gasteiger partial charge in [-0.05, 0) is 60.7 Å². The molecular formula is C28H26N2O11. The average Bonchev–Trinajstić information content (AvgIpc) is 3.00. The number of aliphatic carboxylic acids is 1. The fraction of sp³-hybridized carbons (Fsp3) is 0.179. The number of hydrogen-bond acceptors (Lipinski definition) is 10. The third kappa shape index (κ3) is 7.95. The number of carboxylic acids is 1. The number of rotatable bonds is 11. The first kappa shape index (κ1) is 30.0. The number of methoxy groups -OCH3 is 3. The fourth-order valence-corrected chi connectivity index (χ4v) is 3.37. The molecule has 214 valence electrons. The molecule has 41 heavy (non-hydrogen) atoms. The molecular weight excluding hydrogens is 540 g/mol. The standard InChI is InChI=1S/C28H26N2O11/c1-37-19-12-10-16(11-13-19)24(31)29-30-25(32)22(40-27(35)17-6-4-8-20(14-17)38-2)23(26(33)34)41-28(36)18-7-5-9-21(15-18)39-3/h4-15,22-23H,1-3H3,(H,29,31)(H,30,32)(H,33,34)/t22-,23+/m1/s1. The first-order chi connectivity index (χ1) is 19.7. The molecule has 0 saturated carbocycles. The molecule has 0 saturated heterocycles. The number of nitrogens with one attached hydrogen (secondary N) is 2. The number of benzene rings is 3. The van der Waals surface area contributed by atoms with E-state index >= 15 is 0 Å². The van der Waals surface area contributed by atoms with Gasteiger partial charge in [0, 0.05) is 5.56 Å². The zero-order chi connectivity index (χ0) is 29.9. The Kier molecular flexibility index (Phi) is 10.2. The molecule has 0 aliphatic carbocycles. The Bertz CT molecular complexity index is 1420. The average molecular weight is 567 g/mol. The van der Waals surface area contributed by atoms with Gasteiger partial charge in [0.1, 0.15) is 17.2 Å². The highest BCUT2D eigenvalue weighted by molar-refractivity contribution is 5.99. The van der Waals surface area contributed by atoms with Crippen LogP contribution in [0.15, 0.2) is 72.8 Å². The third-order valence-electron chi connectivity index (χ3n) is 5.51. The summed E-state index contributed by atoms with van der Waals surface area (Å²) in [5, 5.41) is 9.87. The van der Waals surface area contributed by atoms with Gasteiger partial charge in [-0.25, -0.2) is 14.4 Å². The van der Waals surface area contributed by atoms with Crippen molar-refractivity contribution in [1.82, 2.24) is 10.9 Å². The van der Waals surface area contributed by atoms with Crippen LogP contribution in [-0.4, -0.2) is 68.4 Å². The maximum absolute atomic E-state index is 13.1. The topological polar surface area (TPSA) is 176 Å². The Morgan fingerprint density at radius 1 is 0.610 bits per heavy atom. The van der Waals surface area contributed by atoms with Crippen LogP contribution < -0.4 is 25.1 Å². The molecule has 13 heteroatoms. The second-order valence-corrected chi connectivity index (χ2v) is 8.13. The van der Waals surface area contributed by atoms with Gasteiger partial charge in [-0.1, -0.05) is 12.1 Å². The van der Waals surface area contributed by atoms with E-state index in [0.717, 1.165) is 0 Å². The summed E-state index contributed by atoms with van der Waals surface area (Å²) in [6.45, 7) is 0. The highest BCUT2D eigenvalue weighted by atomic mass is 16.6. The van der Waals surface area contributed by atoms with Crippen molar-refractivity contribution in [3.8, 4) is 17.2 Å². The van der Waals surface area contributed by atoms with Gasteiger partial charge in [0.15, 0.2) is 0 Å². The third-order valence-corrected chi connectivity index (χ3v) is 5.51. The van der Waals surface area contributed by atoms with E-state index in [1.807, 2.05) is 5.43 Å². The van der Waals surface area contributed by atoms with Crippen LogP contribution in [-0.2, 0) is 19.1 Å². The maximum Gasteiger partial charge on any atom is 0.349 e. The molecule has 0 radical (unpaired) electrons. The molecule has 0 fully saturated rings. The summed E-state index contributed by atoms with van der Waals surface area (Å²) in [4.78, 5) is 63.5. The second kappa shape index (κ2) is 14.0. The van der Waals surface area contributed by atoms with Gasteiger partial charge < -0.3 is 28.8 Å².